The van der Waals surface area contributed by atoms with Gasteiger partial charge in [0.05, 0.1) is 24.9 Å². The lowest BCUT2D eigenvalue weighted by atomic mass is 9.84. The SMILES string of the molecule is COc1cccc(N2CC(CN3CCC(O)(c4ccc(F)cc4)CC3)OC2=O)c1. The third-order valence-electron chi connectivity index (χ3n) is 5.77. The summed E-state index contributed by atoms with van der Waals surface area (Å²) in [7, 11) is 1.59. The van der Waals surface area contributed by atoms with E-state index in [1.54, 1.807) is 24.1 Å². The van der Waals surface area contributed by atoms with Crippen LogP contribution < -0.4 is 9.64 Å². The van der Waals surface area contributed by atoms with Gasteiger partial charge >= 0.3 is 6.09 Å². The van der Waals surface area contributed by atoms with Crippen LogP contribution >= 0.6 is 0 Å². The number of anilines is 1. The van der Waals surface area contributed by atoms with Gasteiger partial charge in [-0.2, -0.15) is 0 Å². The molecular formula is C22H25FN2O4. The Morgan fingerprint density at radius 1 is 1.21 bits per heavy atom. The number of amides is 1. The van der Waals surface area contributed by atoms with Crippen molar-refractivity contribution in [3.8, 4) is 5.75 Å². The predicted molar refractivity (Wildman–Crippen MR) is 107 cm³/mol. The zero-order chi connectivity index (χ0) is 20.4. The second-order valence-electron chi connectivity index (χ2n) is 7.66. The van der Waals surface area contributed by atoms with E-state index in [2.05, 4.69) is 4.90 Å². The highest BCUT2D eigenvalue weighted by molar-refractivity contribution is 5.90. The topological polar surface area (TPSA) is 62.2 Å². The number of hydrogen-bond acceptors (Lipinski definition) is 5. The van der Waals surface area contributed by atoms with Crippen LogP contribution in [0, 0.1) is 5.82 Å². The van der Waals surface area contributed by atoms with Gasteiger partial charge in [-0.05, 0) is 42.7 Å². The summed E-state index contributed by atoms with van der Waals surface area (Å²) in [6.45, 7) is 2.46. The van der Waals surface area contributed by atoms with E-state index >= 15 is 0 Å². The first-order valence-electron chi connectivity index (χ1n) is 9.80. The molecule has 1 N–H and O–H groups in total. The quantitative estimate of drug-likeness (QED) is 0.836. The molecule has 0 spiro atoms. The molecule has 0 aromatic heterocycles. The average molecular weight is 400 g/mol. The van der Waals surface area contributed by atoms with Gasteiger partial charge in [-0.3, -0.25) is 9.80 Å². The molecule has 0 bridgehead atoms. The van der Waals surface area contributed by atoms with Gasteiger partial charge < -0.3 is 14.6 Å². The molecule has 2 fully saturated rings. The first kappa shape index (κ1) is 19.7. The van der Waals surface area contributed by atoms with Crippen LogP contribution in [-0.4, -0.2) is 55.5 Å². The van der Waals surface area contributed by atoms with E-state index in [4.69, 9.17) is 9.47 Å². The van der Waals surface area contributed by atoms with Crippen molar-refractivity contribution in [2.24, 2.45) is 0 Å². The van der Waals surface area contributed by atoms with E-state index in [0.29, 0.717) is 44.8 Å². The normalized spacial score (nSPS) is 21.8. The molecule has 2 aromatic rings. The van der Waals surface area contributed by atoms with Crippen molar-refractivity contribution in [3.05, 3.63) is 59.9 Å². The number of carbonyl (C=O) groups is 1. The maximum absolute atomic E-state index is 13.2. The van der Waals surface area contributed by atoms with Gasteiger partial charge in [-0.15, -0.1) is 0 Å². The largest absolute Gasteiger partial charge is 0.497 e. The number of cyclic esters (lactones) is 1. The number of rotatable bonds is 5. The number of nitrogens with zero attached hydrogens (tertiary/aromatic N) is 2. The number of halogens is 1. The van der Waals surface area contributed by atoms with Gasteiger partial charge in [0.25, 0.3) is 0 Å². The molecule has 0 saturated carbocycles. The lowest BCUT2D eigenvalue weighted by molar-refractivity contribution is -0.0325. The van der Waals surface area contributed by atoms with Crippen LogP contribution in [0.25, 0.3) is 0 Å². The number of methoxy groups -OCH3 is 1. The highest BCUT2D eigenvalue weighted by atomic mass is 19.1. The smallest absolute Gasteiger partial charge is 0.414 e. The van der Waals surface area contributed by atoms with Crippen LogP contribution in [-0.2, 0) is 10.3 Å². The highest BCUT2D eigenvalue weighted by Crippen LogP contribution is 2.33. The molecule has 7 heteroatoms. The number of piperidine rings is 1. The highest BCUT2D eigenvalue weighted by Gasteiger charge is 2.37. The van der Waals surface area contributed by atoms with Crippen LogP contribution in [0.4, 0.5) is 14.9 Å². The van der Waals surface area contributed by atoms with Crippen molar-refractivity contribution >= 4 is 11.8 Å². The number of likely N-dealkylation sites (tertiary alicyclic amines) is 1. The van der Waals surface area contributed by atoms with Gasteiger partial charge in [0, 0.05) is 25.7 Å². The van der Waals surface area contributed by atoms with Gasteiger partial charge in [0.2, 0.25) is 0 Å². The van der Waals surface area contributed by atoms with Gasteiger partial charge in [-0.1, -0.05) is 18.2 Å². The van der Waals surface area contributed by atoms with Crippen molar-refractivity contribution in [2.75, 3.05) is 38.2 Å². The van der Waals surface area contributed by atoms with Crippen LogP contribution in [0.2, 0.25) is 0 Å². The van der Waals surface area contributed by atoms with Gasteiger partial charge in [0.15, 0.2) is 0 Å². The summed E-state index contributed by atoms with van der Waals surface area (Å²) in [6, 6.07) is 13.4. The summed E-state index contributed by atoms with van der Waals surface area (Å²) >= 11 is 0. The van der Waals surface area contributed by atoms with E-state index in [1.807, 2.05) is 24.3 Å². The third kappa shape index (κ3) is 4.21. The Morgan fingerprint density at radius 2 is 1.93 bits per heavy atom. The molecule has 2 saturated heterocycles. The molecule has 1 unspecified atom stereocenters. The lowest BCUT2D eigenvalue weighted by Crippen LogP contribution is -2.45. The summed E-state index contributed by atoms with van der Waals surface area (Å²) < 4.78 is 23.9. The molecule has 2 aliphatic rings. The van der Waals surface area contributed by atoms with Crippen molar-refractivity contribution in [1.82, 2.24) is 4.90 Å². The van der Waals surface area contributed by atoms with Crippen molar-refractivity contribution in [2.45, 2.75) is 24.5 Å². The van der Waals surface area contributed by atoms with E-state index < -0.39 is 5.60 Å². The molecule has 6 nitrogen and oxygen atoms in total. The van der Waals surface area contributed by atoms with Gasteiger partial charge in [-0.25, -0.2) is 9.18 Å². The molecular weight excluding hydrogens is 375 g/mol. The summed E-state index contributed by atoms with van der Waals surface area (Å²) in [5, 5.41) is 10.9. The Labute approximate surface area is 169 Å². The molecule has 154 valence electrons. The second-order valence-corrected chi connectivity index (χ2v) is 7.66. The average Bonchev–Trinajstić information content (AvgIpc) is 3.10. The summed E-state index contributed by atoms with van der Waals surface area (Å²) in [5.74, 6) is 0.383. The van der Waals surface area contributed by atoms with Crippen LogP contribution in [0.1, 0.15) is 18.4 Å². The molecule has 2 aliphatic heterocycles. The Morgan fingerprint density at radius 3 is 2.62 bits per heavy atom. The first-order chi connectivity index (χ1) is 14.0. The fraction of sp³-hybridized carbons (Fsp3) is 0.409. The molecule has 0 aliphatic carbocycles. The van der Waals surface area contributed by atoms with Crippen molar-refractivity contribution in [3.63, 3.8) is 0 Å². The summed E-state index contributed by atoms with van der Waals surface area (Å²) in [6.07, 6.45) is 0.520. The van der Waals surface area contributed by atoms with E-state index in [-0.39, 0.29) is 18.0 Å². The van der Waals surface area contributed by atoms with Crippen molar-refractivity contribution < 1.29 is 23.8 Å². The van der Waals surface area contributed by atoms with E-state index in [0.717, 1.165) is 11.3 Å². The maximum atomic E-state index is 13.2. The minimum atomic E-state index is -0.941. The number of benzene rings is 2. The van der Waals surface area contributed by atoms with E-state index in [1.165, 1.54) is 12.1 Å². The number of carbonyl (C=O) groups excluding carboxylic acids is 1. The second kappa shape index (κ2) is 8.00. The molecule has 1 amide bonds. The number of ether oxygens (including phenoxy) is 2. The molecule has 1 atom stereocenters. The van der Waals surface area contributed by atoms with Crippen molar-refractivity contribution in [1.29, 1.82) is 0 Å². The molecule has 0 radical (unpaired) electrons. The Bertz CT molecular complexity index is 865. The van der Waals surface area contributed by atoms with Crippen LogP contribution in [0.5, 0.6) is 5.75 Å². The Balaban J connectivity index is 1.34. The summed E-state index contributed by atoms with van der Waals surface area (Å²) in [5.41, 5.74) is 0.555. The minimum absolute atomic E-state index is 0.231. The fourth-order valence-corrected chi connectivity index (χ4v) is 4.05. The Hall–Kier alpha value is -2.64. The minimum Gasteiger partial charge on any atom is -0.497 e. The standard InChI is InChI=1S/C22H25FN2O4/c1-28-19-4-2-3-18(13-19)25-15-20(29-21(25)26)14-24-11-9-22(27,10-12-24)16-5-7-17(23)8-6-16/h2-8,13,20,27H,9-12,14-15H2,1H3. The van der Waals surface area contributed by atoms with Crippen LogP contribution in [0.15, 0.2) is 48.5 Å². The molecule has 2 heterocycles. The Kier molecular flexibility index (Phi) is 5.43. The number of aliphatic hydroxyl groups is 1. The summed E-state index contributed by atoms with van der Waals surface area (Å²) in [4.78, 5) is 16.1. The molecule has 29 heavy (non-hydrogen) atoms. The van der Waals surface area contributed by atoms with E-state index in [9.17, 15) is 14.3 Å². The molecule has 2 aromatic carbocycles. The maximum Gasteiger partial charge on any atom is 0.414 e. The number of hydrogen-bond donors (Lipinski definition) is 1. The third-order valence-corrected chi connectivity index (χ3v) is 5.77. The monoisotopic (exact) mass is 400 g/mol. The lowest BCUT2D eigenvalue weighted by Gasteiger charge is -2.39. The first-order valence-corrected chi connectivity index (χ1v) is 9.80. The van der Waals surface area contributed by atoms with Crippen LogP contribution in [0.3, 0.4) is 0 Å². The van der Waals surface area contributed by atoms with Gasteiger partial charge in [0.1, 0.15) is 17.7 Å². The zero-order valence-corrected chi connectivity index (χ0v) is 16.4. The predicted octanol–water partition coefficient (Wildman–Crippen LogP) is 3.14. The fourth-order valence-electron chi connectivity index (χ4n) is 4.05. The zero-order valence-electron chi connectivity index (χ0n) is 16.4. The molecule has 4 rings (SSSR count).